The maximum atomic E-state index is 14.6. The number of benzene rings is 1. The van der Waals surface area contributed by atoms with E-state index in [9.17, 15) is 22.4 Å². The SMILES string of the molecule is CC1(C)OB(c2ccc(C(=O)N3CCC(C(F)(F)F)CC3)c(F)c2)OC1(C)C. The molecule has 2 fully saturated rings. The minimum atomic E-state index is -4.26. The van der Waals surface area contributed by atoms with Crippen LogP contribution in [0.5, 0.6) is 0 Å². The zero-order chi connectivity index (χ0) is 20.9. The molecule has 28 heavy (non-hydrogen) atoms. The van der Waals surface area contributed by atoms with Crippen LogP contribution in [-0.4, -0.2) is 48.4 Å². The molecule has 1 amide bonds. The Hall–Kier alpha value is -1.61. The van der Waals surface area contributed by atoms with E-state index in [0.717, 1.165) is 0 Å². The van der Waals surface area contributed by atoms with E-state index in [1.165, 1.54) is 17.0 Å². The summed E-state index contributed by atoms with van der Waals surface area (Å²) >= 11 is 0. The molecule has 0 aromatic heterocycles. The second-order valence-electron chi connectivity index (χ2n) is 8.44. The van der Waals surface area contributed by atoms with Gasteiger partial charge in [-0.2, -0.15) is 13.2 Å². The van der Waals surface area contributed by atoms with Gasteiger partial charge in [-0.1, -0.05) is 6.07 Å². The van der Waals surface area contributed by atoms with Crippen LogP contribution in [0.1, 0.15) is 50.9 Å². The van der Waals surface area contributed by atoms with Crippen molar-refractivity contribution in [2.45, 2.75) is 57.9 Å². The molecule has 2 heterocycles. The fourth-order valence-electron chi connectivity index (χ4n) is 3.41. The van der Waals surface area contributed by atoms with Gasteiger partial charge in [0.1, 0.15) is 5.82 Å². The normalized spacial score (nSPS) is 22.6. The van der Waals surface area contributed by atoms with Crippen molar-refractivity contribution < 1.29 is 31.7 Å². The first-order valence-electron chi connectivity index (χ1n) is 9.33. The number of rotatable bonds is 2. The van der Waals surface area contributed by atoms with Crippen LogP contribution < -0.4 is 5.46 Å². The molecule has 1 aromatic carbocycles. The zero-order valence-corrected chi connectivity index (χ0v) is 16.4. The van der Waals surface area contributed by atoms with Gasteiger partial charge in [-0.05, 0) is 58.1 Å². The molecule has 0 atom stereocenters. The van der Waals surface area contributed by atoms with Gasteiger partial charge in [0.15, 0.2) is 0 Å². The number of carbonyl (C=O) groups excluding carboxylic acids is 1. The van der Waals surface area contributed by atoms with E-state index in [1.807, 2.05) is 27.7 Å². The summed E-state index contributed by atoms with van der Waals surface area (Å²) in [5.41, 5.74) is -0.870. The second kappa shape index (κ2) is 7.02. The number of alkyl halides is 3. The highest BCUT2D eigenvalue weighted by molar-refractivity contribution is 6.62. The summed E-state index contributed by atoms with van der Waals surface area (Å²) < 4.78 is 64.7. The van der Waals surface area contributed by atoms with Crippen LogP contribution in [0.2, 0.25) is 0 Å². The van der Waals surface area contributed by atoms with Crippen molar-refractivity contribution in [1.82, 2.24) is 4.90 Å². The molecule has 0 N–H and O–H groups in total. The molecule has 0 saturated carbocycles. The Bertz CT molecular complexity index is 742. The maximum absolute atomic E-state index is 14.6. The van der Waals surface area contributed by atoms with Crippen LogP contribution in [0.4, 0.5) is 17.6 Å². The van der Waals surface area contributed by atoms with Crippen molar-refractivity contribution in [3.8, 4) is 0 Å². The van der Waals surface area contributed by atoms with E-state index in [1.54, 1.807) is 6.07 Å². The van der Waals surface area contributed by atoms with Gasteiger partial charge < -0.3 is 14.2 Å². The molecule has 2 aliphatic rings. The highest BCUT2D eigenvalue weighted by Crippen LogP contribution is 2.37. The zero-order valence-electron chi connectivity index (χ0n) is 16.4. The standard InChI is InChI=1S/C19H24BF4NO3/c1-17(2)18(3,4)28-20(27-17)13-5-6-14(15(21)11-13)16(26)25-9-7-12(8-10-25)19(22,23)24/h5-6,11-12H,7-10H2,1-4H3. The predicted octanol–water partition coefficient (Wildman–Crippen LogP) is 3.54. The summed E-state index contributed by atoms with van der Waals surface area (Å²) in [6, 6.07) is 4.09. The maximum Gasteiger partial charge on any atom is 0.494 e. The molecule has 3 rings (SSSR count). The van der Waals surface area contributed by atoms with Crippen LogP contribution >= 0.6 is 0 Å². The summed E-state index contributed by atoms with van der Waals surface area (Å²) in [7, 11) is -0.758. The minimum absolute atomic E-state index is 0.0403. The Morgan fingerprint density at radius 2 is 1.64 bits per heavy atom. The number of nitrogens with zero attached hydrogens (tertiary/aromatic N) is 1. The van der Waals surface area contributed by atoms with Gasteiger partial charge in [0.2, 0.25) is 0 Å². The fraction of sp³-hybridized carbons (Fsp3) is 0.632. The van der Waals surface area contributed by atoms with Crippen LogP contribution in [0, 0.1) is 11.7 Å². The van der Waals surface area contributed by atoms with Gasteiger partial charge in [0.25, 0.3) is 5.91 Å². The lowest BCUT2D eigenvalue weighted by atomic mass is 9.78. The molecule has 2 aliphatic heterocycles. The molecular weight excluding hydrogens is 377 g/mol. The number of hydrogen-bond acceptors (Lipinski definition) is 3. The lowest BCUT2D eigenvalue weighted by Crippen LogP contribution is -2.42. The topological polar surface area (TPSA) is 38.8 Å². The van der Waals surface area contributed by atoms with Gasteiger partial charge in [-0.25, -0.2) is 4.39 Å². The Morgan fingerprint density at radius 1 is 1.11 bits per heavy atom. The predicted molar refractivity (Wildman–Crippen MR) is 96.8 cm³/mol. The van der Waals surface area contributed by atoms with Gasteiger partial charge in [-0.3, -0.25) is 4.79 Å². The lowest BCUT2D eigenvalue weighted by Gasteiger charge is -2.33. The summed E-state index contributed by atoms with van der Waals surface area (Å²) in [6.07, 6.45) is -4.59. The molecule has 154 valence electrons. The van der Waals surface area contributed by atoms with E-state index in [4.69, 9.17) is 9.31 Å². The van der Waals surface area contributed by atoms with Crippen LogP contribution in [0.15, 0.2) is 18.2 Å². The van der Waals surface area contributed by atoms with E-state index in [2.05, 4.69) is 0 Å². The highest BCUT2D eigenvalue weighted by Gasteiger charge is 2.52. The summed E-state index contributed by atoms with van der Waals surface area (Å²) in [6.45, 7) is 7.44. The molecule has 0 unspecified atom stereocenters. The number of piperidine rings is 1. The number of hydrogen-bond donors (Lipinski definition) is 0. The summed E-state index contributed by atoms with van der Waals surface area (Å²) in [5.74, 6) is -2.75. The van der Waals surface area contributed by atoms with Crippen molar-refractivity contribution in [1.29, 1.82) is 0 Å². The Labute approximate surface area is 162 Å². The molecule has 9 heteroatoms. The third-order valence-corrected chi connectivity index (χ3v) is 5.99. The molecule has 0 bridgehead atoms. The van der Waals surface area contributed by atoms with Crippen LogP contribution in [0.3, 0.4) is 0 Å². The minimum Gasteiger partial charge on any atom is -0.399 e. The fourth-order valence-corrected chi connectivity index (χ4v) is 3.41. The van der Waals surface area contributed by atoms with E-state index in [-0.39, 0.29) is 31.5 Å². The number of halogens is 4. The second-order valence-corrected chi connectivity index (χ2v) is 8.44. The number of likely N-dealkylation sites (tertiary alicyclic amines) is 1. The van der Waals surface area contributed by atoms with Gasteiger partial charge >= 0.3 is 13.3 Å². The third kappa shape index (κ3) is 3.92. The Morgan fingerprint density at radius 3 is 2.11 bits per heavy atom. The first kappa shape index (κ1) is 21.1. The molecule has 0 aliphatic carbocycles. The largest absolute Gasteiger partial charge is 0.494 e. The van der Waals surface area contributed by atoms with Crippen molar-refractivity contribution in [2.75, 3.05) is 13.1 Å². The molecule has 1 aromatic rings. The first-order valence-corrected chi connectivity index (χ1v) is 9.33. The van der Waals surface area contributed by atoms with Gasteiger partial charge in [0, 0.05) is 13.1 Å². The molecule has 2 saturated heterocycles. The Kier molecular flexibility index (Phi) is 5.29. The van der Waals surface area contributed by atoms with E-state index >= 15 is 0 Å². The van der Waals surface area contributed by atoms with Crippen molar-refractivity contribution >= 4 is 18.5 Å². The highest BCUT2D eigenvalue weighted by atomic mass is 19.4. The molecule has 0 radical (unpaired) electrons. The average Bonchev–Trinajstić information content (AvgIpc) is 2.81. The molecule has 0 spiro atoms. The first-order chi connectivity index (χ1) is 12.8. The number of carbonyl (C=O) groups is 1. The van der Waals surface area contributed by atoms with Crippen molar-refractivity contribution in [3.05, 3.63) is 29.6 Å². The molecular formula is C19H24BF4NO3. The smallest absolute Gasteiger partial charge is 0.399 e. The monoisotopic (exact) mass is 401 g/mol. The summed E-state index contributed by atoms with van der Waals surface area (Å²) in [4.78, 5) is 13.8. The summed E-state index contributed by atoms with van der Waals surface area (Å²) in [5, 5.41) is 0. The van der Waals surface area contributed by atoms with Gasteiger partial charge in [0.05, 0.1) is 22.7 Å². The van der Waals surface area contributed by atoms with Crippen molar-refractivity contribution in [3.63, 3.8) is 0 Å². The third-order valence-electron chi connectivity index (χ3n) is 5.99. The average molecular weight is 401 g/mol. The lowest BCUT2D eigenvalue weighted by molar-refractivity contribution is -0.183. The Balaban J connectivity index is 1.71. The number of amides is 1. The van der Waals surface area contributed by atoms with Gasteiger partial charge in [-0.15, -0.1) is 0 Å². The van der Waals surface area contributed by atoms with Crippen LogP contribution in [-0.2, 0) is 9.31 Å². The quantitative estimate of drug-likeness (QED) is 0.562. The van der Waals surface area contributed by atoms with Crippen molar-refractivity contribution in [2.24, 2.45) is 5.92 Å². The van der Waals surface area contributed by atoms with E-state index in [0.29, 0.717) is 5.46 Å². The molecule has 4 nitrogen and oxygen atoms in total. The van der Waals surface area contributed by atoms with E-state index < -0.39 is 42.1 Å². The van der Waals surface area contributed by atoms with Crippen LogP contribution in [0.25, 0.3) is 0 Å².